The first-order valence-corrected chi connectivity index (χ1v) is 7.09. The van der Waals surface area contributed by atoms with Crippen molar-refractivity contribution in [2.45, 2.75) is 25.7 Å². The molecule has 0 bridgehead atoms. The predicted molar refractivity (Wildman–Crippen MR) is 63.5 cm³/mol. The number of hydrogen-bond donors (Lipinski definition) is 1. The minimum atomic E-state index is -3.43. The van der Waals surface area contributed by atoms with Crippen LogP contribution in [0.3, 0.4) is 0 Å². The van der Waals surface area contributed by atoms with Gasteiger partial charge < -0.3 is 5.73 Å². The number of likely N-dealkylation sites (tertiary alicyclic amines) is 1. The number of hydrogen-bond acceptors (Lipinski definition) is 5. The summed E-state index contributed by atoms with van der Waals surface area (Å²) in [4.78, 5) is 6.19. The van der Waals surface area contributed by atoms with Crippen LogP contribution in [-0.2, 0) is 9.84 Å². The molecule has 16 heavy (non-hydrogen) atoms. The molecular weight excluding hydrogens is 226 g/mol. The van der Waals surface area contributed by atoms with Gasteiger partial charge in [-0.05, 0) is 25.9 Å². The van der Waals surface area contributed by atoms with Crippen LogP contribution in [0.1, 0.15) is 25.7 Å². The van der Waals surface area contributed by atoms with Gasteiger partial charge in [0.05, 0.1) is 4.91 Å². The first kappa shape index (κ1) is 11.6. The largest absolute Gasteiger partial charge is 0.374 e. The van der Waals surface area contributed by atoms with E-state index in [9.17, 15) is 8.42 Å². The summed E-state index contributed by atoms with van der Waals surface area (Å²) < 4.78 is 23.4. The number of amidine groups is 1. The van der Waals surface area contributed by atoms with Crippen molar-refractivity contribution in [3.63, 3.8) is 0 Å². The van der Waals surface area contributed by atoms with Crippen LogP contribution in [0.15, 0.2) is 16.1 Å². The molecule has 0 radical (unpaired) electrons. The lowest BCUT2D eigenvalue weighted by Crippen LogP contribution is -2.31. The topological polar surface area (TPSA) is 75.8 Å². The van der Waals surface area contributed by atoms with Gasteiger partial charge in [-0.15, -0.1) is 0 Å². The Kier molecular flexibility index (Phi) is 3.30. The number of nitrogens with two attached hydrogens (primary N) is 1. The van der Waals surface area contributed by atoms with Crippen molar-refractivity contribution in [3.8, 4) is 0 Å². The van der Waals surface area contributed by atoms with E-state index in [1.165, 1.54) is 19.0 Å². The van der Waals surface area contributed by atoms with Crippen LogP contribution in [-0.4, -0.2) is 38.1 Å². The van der Waals surface area contributed by atoms with Crippen molar-refractivity contribution in [2.24, 2.45) is 10.7 Å². The van der Waals surface area contributed by atoms with Crippen LogP contribution in [0.25, 0.3) is 0 Å². The molecule has 0 atom stereocenters. The first-order chi connectivity index (χ1) is 7.60. The van der Waals surface area contributed by atoms with E-state index in [4.69, 9.17) is 5.73 Å². The zero-order valence-corrected chi connectivity index (χ0v) is 10.0. The molecular formula is C10H17N3O2S. The Bertz CT molecular complexity index is 417. The Hall–Kier alpha value is -0.880. The van der Waals surface area contributed by atoms with Crippen LogP contribution < -0.4 is 5.73 Å². The molecule has 0 spiro atoms. The van der Waals surface area contributed by atoms with Crippen molar-refractivity contribution in [2.75, 3.05) is 19.6 Å². The molecule has 0 aromatic heterocycles. The van der Waals surface area contributed by atoms with Gasteiger partial charge in [0.15, 0.2) is 0 Å². The standard InChI is InChI=1S/C10H17N3O2S/c11-10-12-7-9(16(10,14)15)8-13-5-3-1-2-4-6-13/h7H,1-6,8H2,(H2,11,12). The molecule has 2 aliphatic heterocycles. The third kappa shape index (κ3) is 2.27. The maximum absolute atomic E-state index is 11.7. The van der Waals surface area contributed by atoms with Crippen LogP contribution in [0.4, 0.5) is 0 Å². The Morgan fingerprint density at radius 1 is 1.25 bits per heavy atom. The van der Waals surface area contributed by atoms with E-state index in [0.717, 1.165) is 25.9 Å². The Morgan fingerprint density at radius 3 is 2.38 bits per heavy atom. The Labute approximate surface area is 95.9 Å². The number of sulfone groups is 1. The molecule has 0 aliphatic carbocycles. The van der Waals surface area contributed by atoms with E-state index in [1.807, 2.05) is 0 Å². The quantitative estimate of drug-likeness (QED) is 0.764. The molecule has 0 aromatic rings. The maximum atomic E-state index is 11.7. The second kappa shape index (κ2) is 4.55. The van der Waals surface area contributed by atoms with Crippen molar-refractivity contribution in [1.29, 1.82) is 0 Å². The molecule has 2 rings (SSSR count). The van der Waals surface area contributed by atoms with E-state index in [1.54, 1.807) is 0 Å². The summed E-state index contributed by atoms with van der Waals surface area (Å²) >= 11 is 0. The highest BCUT2D eigenvalue weighted by Gasteiger charge is 2.28. The third-order valence-corrected chi connectivity index (χ3v) is 4.62. The van der Waals surface area contributed by atoms with Gasteiger partial charge in [0.1, 0.15) is 0 Å². The van der Waals surface area contributed by atoms with E-state index in [0.29, 0.717) is 11.4 Å². The van der Waals surface area contributed by atoms with Gasteiger partial charge in [0, 0.05) is 12.7 Å². The highest BCUT2D eigenvalue weighted by molar-refractivity contribution is 8.09. The van der Waals surface area contributed by atoms with Crippen molar-refractivity contribution in [1.82, 2.24) is 4.90 Å². The average Bonchev–Trinajstić information content (AvgIpc) is 2.50. The monoisotopic (exact) mass is 243 g/mol. The highest BCUT2D eigenvalue weighted by atomic mass is 32.2. The fraction of sp³-hybridized carbons (Fsp3) is 0.700. The zero-order valence-electron chi connectivity index (χ0n) is 9.22. The fourth-order valence-electron chi connectivity index (χ4n) is 2.05. The van der Waals surface area contributed by atoms with Crippen LogP contribution in [0, 0.1) is 0 Å². The lowest BCUT2D eigenvalue weighted by Gasteiger charge is -2.19. The van der Waals surface area contributed by atoms with Crippen molar-refractivity contribution < 1.29 is 8.42 Å². The lowest BCUT2D eigenvalue weighted by atomic mass is 10.2. The fourth-order valence-corrected chi connectivity index (χ4v) is 3.05. The normalized spacial score (nSPS) is 26.0. The first-order valence-electron chi connectivity index (χ1n) is 5.60. The number of aliphatic imine (C=N–C) groups is 1. The minimum Gasteiger partial charge on any atom is -0.374 e. The molecule has 1 fully saturated rings. The summed E-state index contributed by atoms with van der Waals surface area (Å²) in [5, 5.41) is -0.266. The van der Waals surface area contributed by atoms with E-state index in [-0.39, 0.29) is 5.17 Å². The van der Waals surface area contributed by atoms with Gasteiger partial charge in [-0.25, -0.2) is 13.4 Å². The van der Waals surface area contributed by atoms with Crippen LogP contribution in [0.5, 0.6) is 0 Å². The van der Waals surface area contributed by atoms with E-state index >= 15 is 0 Å². The van der Waals surface area contributed by atoms with Gasteiger partial charge in [-0.2, -0.15) is 0 Å². The molecule has 0 amide bonds. The van der Waals surface area contributed by atoms with E-state index < -0.39 is 9.84 Å². The molecule has 0 aromatic carbocycles. The van der Waals surface area contributed by atoms with Gasteiger partial charge in [-0.3, -0.25) is 4.90 Å². The van der Waals surface area contributed by atoms with Crippen molar-refractivity contribution in [3.05, 3.63) is 11.1 Å². The Balaban J connectivity index is 2.01. The molecule has 90 valence electrons. The second-order valence-corrected chi connectivity index (χ2v) is 6.21. The summed E-state index contributed by atoms with van der Waals surface area (Å²) in [6.45, 7) is 2.38. The molecule has 0 unspecified atom stereocenters. The summed E-state index contributed by atoms with van der Waals surface area (Å²) in [6, 6.07) is 0. The third-order valence-electron chi connectivity index (χ3n) is 3.03. The molecule has 0 saturated carbocycles. The number of rotatable bonds is 2. The Morgan fingerprint density at radius 2 is 1.88 bits per heavy atom. The predicted octanol–water partition coefficient (Wildman–Crippen LogP) is 0.447. The van der Waals surface area contributed by atoms with Gasteiger partial charge in [0.2, 0.25) is 15.0 Å². The average molecular weight is 243 g/mol. The highest BCUT2D eigenvalue weighted by Crippen LogP contribution is 2.18. The zero-order chi connectivity index (χ0) is 11.6. The van der Waals surface area contributed by atoms with Gasteiger partial charge >= 0.3 is 0 Å². The lowest BCUT2D eigenvalue weighted by molar-refractivity contribution is 0.313. The molecule has 2 aliphatic rings. The summed E-state index contributed by atoms with van der Waals surface area (Å²) in [5.74, 6) is 0. The molecule has 1 saturated heterocycles. The smallest absolute Gasteiger partial charge is 0.238 e. The molecule has 6 heteroatoms. The summed E-state index contributed by atoms with van der Waals surface area (Å²) in [5.41, 5.74) is 5.33. The van der Waals surface area contributed by atoms with Crippen molar-refractivity contribution >= 4 is 15.0 Å². The van der Waals surface area contributed by atoms with Gasteiger partial charge in [0.25, 0.3) is 0 Å². The van der Waals surface area contributed by atoms with E-state index in [2.05, 4.69) is 9.89 Å². The SMILES string of the molecule is NC1=NC=C(CN2CCCCCC2)S1(=O)=O. The van der Waals surface area contributed by atoms with Crippen LogP contribution in [0.2, 0.25) is 0 Å². The number of nitrogens with zero attached hydrogens (tertiary/aromatic N) is 2. The minimum absolute atomic E-state index is 0.266. The van der Waals surface area contributed by atoms with Crippen LogP contribution >= 0.6 is 0 Å². The van der Waals surface area contributed by atoms with Gasteiger partial charge in [-0.1, -0.05) is 12.8 Å². The summed E-state index contributed by atoms with van der Waals surface area (Å²) in [6.07, 6.45) is 6.14. The maximum Gasteiger partial charge on any atom is 0.238 e. The summed E-state index contributed by atoms with van der Waals surface area (Å²) in [7, 11) is -3.43. The molecule has 2 heterocycles. The second-order valence-electron chi connectivity index (χ2n) is 4.26. The molecule has 5 nitrogen and oxygen atoms in total. The molecule has 2 N–H and O–H groups in total.